The third-order valence-electron chi connectivity index (χ3n) is 2.53. The molecule has 94 valence electrons. The lowest BCUT2D eigenvalue weighted by atomic mass is 10.2. The first kappa shape index (κ1) is 12.5. The number of anilines is 1. The Balaban J connectivity index is 2.14. The highest BCUT2D eigenvalue weighted by Crippen LogP contribution is 2.13. The molecular weight excluding hydrogens is 250 g/mol. The van der Waals surface area contributed by atoms with Crippen molar-refractivity contribution in [1.29, 1.82) is 0 Å². The first-order chi connectivity index (χ1) is 8.58. The van der Waals surface area contributed by atoms with E-state index in [0.29, 0.717) is 16.1 Å². The maximum atomic E-state index is 11.9. The summed E-state index contributed by atoms with van der Waals surface area (Å²) < 4.78 is 11.2. The molecule has 2 N–H and O–H groups in total. The van der Waals surface area contributed by atoms with E-state index in [9.17, 15) is 9.00 Å². The Morgan fingerprint density at radius 2 is 2.00 bits per heavy atom. The lowest BCUT2D eigenvalue weighted by molar-refractivity contribution is 0.102. The van der Waals surface area contributed by atoms with Gasteiger partial charge in [0.2, 0.25) is 0 Å². The Kier molecular flexibility index (Phi) is 3.57. The molecule has 6 heteroatoms. The number of rotatable bonds is 3. The van der Waals surface area contributed by atoms with Gasteiger partial charge in [-0.25, -0.2) is 0 Å². The van der Waals surface area contributed by atoms with Gasteiger partial charge in [0.15, 0.2) is 0 Å². The van der Waals surface area contributed by atoms with Crippen molar-refractivity contribution < 1.29 is 9.00 Å². The number of carbonyl (C=O) groups is 1. The van der Waals surface area contributed by atoms with Crippen LogP contribution in [0.25, 0.3) is 0 Å². The Morgan fingerprint density at radius 1 is 1.33 bits per heavy atom. The number of aryl methyl sites for hydroxylation is 1. The molecule has 0 aliphatic carbocycles. The summed E-state index contributed by atoms with van der Waals surface area (Å²) in [4.78, 5) is 12.6. The Labute approximate surface area is 107 Å². The Morgan fingerprint density at radius 3 is 2.50 bits per heavy atom. The van der Waals surface area contributed by atoms with Crippen molar-refractivity contribution in [2.24, 2.45) is 0 Å². The standard InChI is InChI=1S/C12H13N3O2S/c1-8-11(7-13-15-8)14-12(16)9-3-5-10(6-4-9)18(2)17/h3-7H,1-2H3,(H,13,15)(H,14,16). The second-order valence-corrected chi connectivity index (χ2v) is 5.22. The van der Waals surface area contributed by atoms with E-state index in [2.05, 4.69) is 15.5 Å². The van der Waals surface area contributed by atoms with E-state index in [-0.39, 0.29) is 5.91 Å². The number of H-pyrrole nitrogens is 1. The third kappa shape index (κ3) is 2.65. The number of benzene rings is 1. The van der Waals surface area contributed by atoms with E-state index in [1.807, 2.05) is 6.92 Å². The summed E-state index contributed by atoms with van der Waals surface area (Å²) in [5, 5.41) is 9.32. The summed E-state index contributed by atoms with van der Waals surface area (Å²) in [6.07, 6.45) is 3.16. The average Bonchev–Trinajstić information content (AvgIpc) is 2.75. The van der Waals surface area contributed by atoms with Crippen molar-refractivity contribution in [2.45, 2.75) is 11.8 Å². The summed E-state index contributed by atoms with van der Waals surface area (Å²) in [6, 6.07) is 6.68. The van der Waals surface area contributed by atoms with Crippen LogP contribution in [0.2, 0.25) is 0 Å². The van der Waals surface area contributed by atoms with Gasteiger partial charge in [0.25, 0.3) is 5.91 Å². The van der Waals surface area contributed by atoms with Crippen LogP contribution in [0.1, 0.15) is 16.1 Å². The summed E-state index contributed by atoms with van der Waals surface area (Å²) in [5.74, 6) is -0.215. The summed E-state index contributed by atoms with van der Waals surface area (Å²) in [7, 11) is -1.03. The fourth-order valence-corrected chi connectivity index (χ4v) is 1.99. The van der Waals surface area contributed by atoms with E-state index in [1.165, 1.54) is 0 Å². The van der Waals surface area contributed by atoms with E-state index in [0.717, 1.165) is 5.69 Å². The zero-order valence-electron chi connectivity index (χ0n) is 10.1. The van der Waals surface area contributed by atoms with Crippen LogP contribution in [0.15, 0.2) is 35.4 Å². The molecule has 1 atom stereocenters. The molecular formula is C12H13N3O2S. The predicted molar refractivity (Wildman–Crippen MR) is 70.1 cm³/mol. The zero-order valence-corrected chi connectivity index (χ0v) is 10.9. The highest BCUT2D eigenvalue weighted by molar-refractivity contribution is 7.84. The van der Waals surface area contributed by atoms with Crippen LogP contribution in [-0.2, 0) is 10.8 Å². The fraction of sp³-hybridized carbons (Fsp3) is 0.167. The summed E-state index contributed by atoms with van der Waals surface area (Å²) in [6.45, 7) is 1.83. The van der Waals surface area contributed by atoms with Gasteiger partial charge in [-0.2, -0.15) is 5.10 Å². The largest absolute Gasteiger partial charge is 0.319 e. The molecule has 5 nitrogen and oxygen atoms in total. The molecule has 1 heterocycles. The number of nitrogens with zero attached hydrogens (tertiary/aromatic N) is 1. The fourth-order valence-electron chi connectivity index (χ4n) is 1.47. The highest BCUT2D eigenvalue weighted by atomic mass is 32.2. The van der Waals surface area contributed by atoms with Crippen molar-refractivity contribution in [2.75, 3.05) is 11.6 Å². The van der Waals surface area contributed by atoms with Crippen molar-refractivity contribution in [3.8, 4) is 0 Å². The molecule has 1 unspecified atom stereocenters. The van der Waals surface area contributed by atoms with Gasteiger partial charge in [-0.1, -0.05) is 0 Å². The smallest absolute Gasteiger partial charge is 0.255 e. The molecule has 2 aromatic rings. The lowest BCUT2D eigenvalue weighted by Crippen LogP contribution is -2.12. The molecule has 0 bridgehead atoms. The number of aromatic amines is 1. The van der Waals surface area contributed by atoms with E-state index in [4.69, 9.17) is 0 Å². The molecule has 0 fully saturated rings. The summed E-state index contributed by atoms with van der Waals surface area (Å²) in [5.41, 5.74) is 1.97. The molecule has 1 aromatic carbocycles. The van der Waals surface area contributed by atoms with Gasteiger partial charge in [0.05, 0.1) is 17.6 Å². The average molecular weight is 263 g/mol. The molecule has 2 rings (SSSR count). The maximum absolute atomic E-state index is 11.9. The number of amides is 1. The molecule has 0 radical (unpaired) electrons. The van der Waals surface area contributed by atoms with Crippen LogP contribution in [0.3, 0.4) is 0 Å². The van der Waals surface area contributed by atoms with E-state index in [1.54, 1.807) is 36.7 Å². The van der Waals surface area contributed by atoms with Crippen molar-refractivity contribution >= 4 is 22.4 Å². The Bertz CT molecular complexity index is 590. The predicted octanol–water partition coefficient (Wildman–Crippen LogP) is 1.71. The molecule has 1 aromatic heterocycles. The summed E-state index contributed by atoms with van der Waals surface area (Å²) >= 11 is 0. The van der Waals surface area contributed by atoms with Crippen molar-refractivity contribution in [1.82, 2.24) is 10.2 Å². The van der Waals surface area contributed by atoms with Crippen molar-refractivity contribution in [3.63, 3.8) is 0 Å². The van der Waals surface area contributed by atoms with Crippen LogP contribution < -0.4 is 5.32 Å². The molecule has 0 saturated carbocycles. The number of hydrogen-bond donors (Lipinski definition) is 2. The van der Waals surface area contributed by atoms with Crippen LogP contribution in [-0.4, -0.2) is 26.6 Å². The minimum atomic E-state index is -1.03. The minimum absolute atomic E-state index is 0.215. The second-order valence-electron chi connectivity index (χ2n) is 3.84. The molecule has 0 aliphatic heterocycles. The molecule has 0 aliphatic rings. The van der Waals surface area contributed by atoms with Crippen LogP contribution >= 0.6 is 0 Å². The third-order valence-corrected chi connectivity index (χ3v) is 3.46. The van der Waals surface area contributed by atoms with Gasteiger partial charge < -0.3 is 5.32 Å². The second kappa shape index (κ2) is 5.14. The topological polar surface area (TPSA) is 74.8 Å². The van der Waals surface area contributed by atoms with Crippen LogP contribution in [0, 0.1) is 6.92 Å². The van der Waals surface area contributed by atoms with Gasteiger partial charge in [-0.05, 0) is 31.2 Å². The molecule has 0 spiro atoms. The number of nitrogens with one attached hydrogen (secondary N) is 2. The maximum Gasteiger partial charge on any atom is 0.255 e. The van der Waals surface area contributed by atoms with Crippen LogP contribution in [0.4, 0.5) is 5.69 Å². The quantitative estimate of drug-likeness (QED) is 0.885. The molecule has 18 heavy (non-hydrogen) atoms. The Hall–Kier alpha value is -1.95. The molecule has 0 saturated heterocycles. The highest BCUT2D eigenvalue weighted by Gasteiger charge is 2.09. The zero-order chi connectivity index (χ0) is 13.1. The van der Waals surface area contributed by atoms with Crippen molar-refractivity contribution in [3.05, 3.63) is 41.7 Å². The van der Waals surface area contributed by atoms with Gasteiger partial charge in [-0.15, -0.1) is 0 Å². The first-order valence-electron chi connectivity index (χ1n) is 5.33. The molecule has 1 amide bonds. The SMILES string of the molecule is Cc1[nH]ncc1NC(=O)c1ccc(S(C)=O)cc1. The number of hydrogen-bond acceptors (Lipinski definition) is 3. The normalized spacial score (nSPS) is 12.1. The lowest BCUT2D eigenvalue weighted by Gasteiger charge is -2.04. The van der Waals surface area contributed by atoms with Crippen LogP contribution in [0.5, 0.6) is 0 Å². The van der Waals surface area contributed by atoms with E-state index >= 15 is 0 Å². The first-order valence-corrected chi connectivity index (χ1v) is 6.88. The monoisotopic (exact) mass is 263 g/mol. The number of carbonyl (C=O) groups excluding carboxylic acids is 1. The van der Waals surface area contributed by atoms with E-state index < -0.39 is 10.8 Å². The number of aromatic nitrogens is 2. The van der Waals surface area contributed by atoms with Gasteiger partial charge in [0, 0.05) is 27.5 Å². The minimum Gasteiger partial charge on any atom is -0.319 e. The van der Waals surface area contributed by atoms with Gasteiger partial charge in [0.1, 0.15) is 0 Å². The van der Waals surface area contributed by atoms with Gasteiger partial charge in [-0.3, -0.25) is 14.1 Å². The van der Waals surface area contributed by atoms with Gasteiger partial charge >= 0.3 is 0 Å².